The molecule has 0 radical (unpaired) electrons. The highest BCUT2D eigenvalue weighted by Crippen LogP contribution is 2.27. The number of hydrogen-bond acceptors (Lipinski definition) is 5. The van der Waals surface area contributed by atoms with Gasteiger partial charge < -0.3 is 15.0 Å². The van der Waals surface area contributed by atoms with Crippen LogP contribution in [0.4, 0.5) is 5.69 Å². The lowest BCUT2D eigenvalue weighted by molar-refractivity contribution is -0.140. The Hall–Kier alpha value is -3.85. The van der Waals surface area contributed by atoms with Gasteiger partial charge in [0, 0.05) is 13.6 Å². The van der Waals surface area contributed by atoms with Crippen molar-refractivity contribution in [3.05, 3.63) is 90.0 Å². The van der Waals surface area contributed by atoms with Crippen LogP contribution in [-0.2, 0) is 26.2 Å². The standard InChI is InChI=1S/C30H37N3O5S/c1-6-28(30(35)31-4)32(20-23-12-18-26(38-5)19-13-23)29(34)21-33(25-16-14-24(15-17-25)22(2)3)39(36,37)27-10-8-7-9-11-27/h7-19,22,28H,6,20-21H2,1-5H3,(H,31,35). The van der Waals surface area contributed by atoms with E-state index < -0.39 is 28.5 Å². The maximum absolute atomic E-state index is 13.9. The molecule has 2 amide bonds. The van der Waals surface area contributed by atoms with Gasteiger partial charge in [0.05, 0.1) is 17.7 Å². The molecule has 3 aromatic rings. The zero-order valence-electron chi connectivity index (χ0n) is 23.1. The van der Waals surface area contributed by atoms with Gasteiger partial charge >= 0.3 is 0 Å². The molecule has 0 aliphatic carbocycles. The van der Waals surface area contributed by atoms with Crippen LogP contribution in [-0.4, -0.2) is 51.9 Å². The van der Waals surface area contributed by atoms with Crippen molar-refractivity contribution < 1.29 is 22.7 Å². The number of carbonyl (C=O) groups is 2. The molecule has 0 saturated carbocycles. The first-order valence-corrected chi connectivity index (χ1v) is 14.4. The van der Waals surface area contributed by atoms with Crippen molar-refractivity contribution in [1.29, 1.82) is 0 Å². The van der Waals surface area contributed by atoms with Gasteiger partial charge in [0.25, 0.3) is 10.0 Å². The summed E-state index contributed by atoms with van der Waals surface area (Å²) in [6.45, 7) is 5.58. The van der Waals surface area contributed by atoms with E-state index in [1.54, 1.807) is 49.6 Å². The first-order valence-electron chi connectivity index (χ1n) is 12.9. The van der Waals surface area contributed by atoms with Gasteiger partial charge in [0.15, 0.2) is 0 Å². The Kier molecular flexibility index (Phi) is 10.1. The van der Waals surface area contributed by atoms with Crippen molar-refractivity contribution in [1.82, 2.24) is 10.2 Å². The van der Waals surface area contributed by atoms with E-state index in [4.69, 9.17) is 4.74 Å². The molecule has 0 aromatic heterocycles. The van der Waals surface area contributed by atoms with Crippen LogP contribution >= 0.6 is 0 Å². The van der Waals surface area contributed by atoms with E-state index >= 15 is 0 Å². The number of rotatable bonds is 12. The molecule has 8 nitrogen and oxygen atoms in total. The van der Waals surface area contributed by atoms with Crippen LogP contribution in [0.3, 0.4) is 0 Å². The van der Waals surface area contributed by atoms with E-state index in [1.165, 1.54) is 24.1 Å². The molecule has 0 aliphatic rings. The molecule has 0 bridgehead atoms. The monoisotopic (exact) mass is 551 g/mol. The van der Waals surface area contributed by atoms with Crippen LogP contribution in [0, 0.1) is 0 Å². The molecular weight excluding hydrogens is 514 g/mol. The average molecular weight is 552 g/mol. The van der Waals surface area contributed by atoms with Crippen molar-refractivity contribution >= 4 is 27.5 Å². The first-order chi connectivity index (χ1) is 18.6. The fourth-order valence-electron chi connectivity index (χ4n) is 4.29. The Labute approximate surface area is 231 Å². The third kappa shape index (κ3) is 7.17. The molecule has 0 saturated heterocycles. The summed E-state index contributed by atoms with van der Waals surface area (Å²) in [7, 11) is -1.00. The Bertz CT molecular complexity index is 1340. The molecule has 9 heteroatoms. The summed E-state index contributed by atoms with van der Waals surface area (Å²) < 4.78 is 34.0. The number of methoxy groups -OCH3 is 1. The SMILES string of the molecule is CCC(C(=O)NC)N(Cc1ccc(OC)cc1)C(=O)CN(c1ccc(C(C)C)cc1)S(=O)(=O)c1ccccc1. The maximum Gasteiger partial charge on any atom is 0.264 e. The van der Waals surface area contributed by atoms with Gasteiger partial charge in [-0.05, 0) is 59.9 Å². The number of likely N-dealkylation sites (N-methyl/N-ethyl adjacent to an activating group) is 1. The minimum Gasteiger partial charge on any atom is -0.497 e. The van der Waals surface area contributed by atoms with Crippen molar-refractivity contribution in [2.24, 2.45) is 0 Å². The lowest BCUT2D eigenvalue weighted by Gasteiger charge is -2.33. The normalized spacial score (nSPS) is 12.1. The average Bonchev–Trinajstić information content (AvgIpc) is 2.96. The van der Waals surface area contributed by atoms with E-state index in [0.29, 0.717) is 17.9 Å². The smallest absolute Gasteiger partial charge is 0.264 e. The van der Waals surface area contributed by atoms with Crippen LogP contribution in [0.2, 0.25) is 0 Å². The molecule has 208 valence electrons. The lowest BCUT2D eigenvalue weighted by Crippen LogP contribution is -2.51. The maximum atomic E-state index is 13.9. The van der Waals surface area contributed by atoms with Crippen LogP contribution in [0.1, 0.15) is 44.2 Å². The van der Waals surface area contributed by atoms with Gasteiger partial charge in [-0.3, -0.25) is 13.9 Å². The van der Waals surface area contributed by atoms with Gasteiger partial charge in [0.1, 0.15) is 18.3 Å². The highest BCUT2D eigenvalue weighted by Gasteiger charge is 2.33. The van der Waals surface area contributed by atoms with E-state index in [1.807, 2.05) is 31.2 Å². The third-order valence-corrected chi connectivity index (χ3v) is 8.39. The second-order valence-electron chi connectivity index (χ2n) is 9.48. The van der Waals surface area contributed by atoms with Gasteiger partial charge in [-0.25, -0.2) is 8.42 Å². The summed E-state index contributed by atoms with van der Waals surface area (Å²) in [5.74, 6) is 0.115. The Balaban J connectivity index is 2.04. The minimum absolute atomic E-state index is 0.0748. The Morgan fingerprint density at radius 3 is 2.05 bits per heavy atom. The Morgan fingerprint density at radius 1 is 0.923 bits per heavy atom. The lowest BCUT2D eigenvalue weighted by atomic mass is 10.0. The quantitative estimate of drug-likeness (QED) is 0.356. The second kappa shape index (κ2) is 13.3. The molecular formula is C30H37N3O5S. The number of nitrogens with one attached hydrogen (secondary N) is 1. The highest BCUT2D eigenvalue weighted by atomic mass is 32.2. The molecule has 0 fully saturated rings. The first kappa shape index (κ1) is 29.7. The number of nitrogens with zero attached hydrogens (tertiary/aromatic N) is 2. The topological polar surface area (TPSA) is 96.0 Å². The summed E-state index contributed by atoms with van der Waals surface area (Å²) in [5.41, 5.74) is 2.20. The van der Waals surface area contributed by atoms with Gasteiger partial charge in [-0.15, -0.1) is 0 Å². The van der Waals surface area contributed by atoms with Crippen LogP contribution in [0.25, 0.3) is 0 Å². The molecule has 0 spiro atoms. The zero-order chi connectivity index (χ0) is 28.6. The Morgan fingerprint density at radius 2 is 1.54 bits per heavy atom. The van der Waals surface area contributed by atoms with E-state index in [-0.39, 0.29) is 23.3 Å². The second-order valence-corrected chi connectivity index (χ2v) is 11.3. The zero-order valence-corrected chi connectivity index (χ0v) is 23.9. The summed E-state index contributed by atoms with van der Waals surface area (Å²) in [5, 5.41) is 2.63. The fourth-order valence-corrected chi connectivity index (χ4v) is 5.72. The van der Waals surface area contributed by atoms with Gasteiger partial charge in [-0.2, -0.15) is 0 Å². The van der Waals surface area contributed by atoms with Crippen molar-refractivity contribution in [2.45, 2.75) is 50.6 Å². The molecule has 3 rings (SSSR count). The fraction of sp³-hybridized carbons (Fsp3) is 0.333. The molecule has 1 unspecified atom stereocenters. The number of amides is 2. The number of anilines is 1. The number of hydrogen-bond donors (Lipinski definition) is 1. The summed E-state index contributed by atoms with van der Waals surface area (Å²) in [4.78, 5) is 28.3. The largest absolute Gasteiger partial charge is 0.497 e. The van der Waals surface area contributed by atoms with Crippen molar-refractivity contribution in [3.8, 4) is 5.75 Å². The van der Waals surface area contributed by atoms with Gasteiger partial charge in [0.2, 0.25) is 11.8 Å². The molecule has 1 N–H and O–H groups in total. The van der Waals surface area contributed by atoms with Crippen LogP contribution in [0.15, 0.2) is 83.8 Å². The van der Waals surface area contributed by atoms with Crippen LogP contribution in [0.5, 0.6) is 5.75 Å². The molecule has 1 atom stereocenters. The summed E-state index contributed by atoms with van der Waals surface area (Å²) in [6.07, 6.45) is 0.357. The molecule has 3 aromatic carbocycles. The number of sulfonamides is 1. The molecule has 39 heavy (non-hydrogen) atoms. The number of benzene rings is 3. The van der Waals surface area contributed by atoms with Gasteiger partial charge in [-0.1, -0.05) is 63.2 Å². The minimum atomic E-state index is -4.09. The van der Waals surface area contributed by atoms with Crippen LogP contribution < -0.4 is 14.4 Å². The van der Waals surface area contributed by atoms with Crippen molar-refractivity contribution in [2.75, 3.05) is 25.0 Å². The predicted octanol–water partition coefficient (Wildman–Crippen LogP) is 4.57. The van der Waals surface area contributed by atoms with E-state index in [0.717, 1.165) is 15.4 Å². The van der Waals surface area contributed by atoms with E-state index in [9.17, 15) is 18.0 Å². The van der Waals surface area contributed by atoms with E-state index in [2.05, 4.69) is 19.2 Å². The number of carbonyl (C=O) groups excluding carboxylic acids is 2. The molecule has 0 heterocycles. The number of ether oxygens (including phenoxy) is 1. The summed E-state index contributed by atoms with van der Waals surface area (Å²) >= 11 is 0. The summed E-state index contributed by atoms with van der Waals surface area (Å²) in [6, 6.07) is 21.6. The predicted molar refractivity (Wildman–Crippen MR) is 153 cm³/mol. The third-order valence-electron chi connectivity index (χ3n) is 6.60. The highest BCUT2D eigenvalue weighted by molar-refractivity contribution is 7.92. The molecule has 0 aliphatic heterocycles. The van der Waals surface area contributed by atoms with Crippen molar-refractivity contribution in [3.63, 3.8) is 0 Å².